The molecular weight excluding hydrogens is 340 g/mol. The fraction of sp³-hybridized carbons (Fsp3) is 0.455. The topological polar surface area (TPSA) is 46.8 Å². The first-order valence-corrected chi connectivity index (χ1v) is 10.7. The second-order valence-electron chi connectivity index (χ2n) is 7.80. The van der Waals surface area contributed by atoms with Crippen LogP contribution in [0, 0.1) is 13.8 Å². The van der Waals surface area contributed by atoms with Crippen molar-refractivity contribution in [3.8, 4) is 11.1 Å². The van der Waals surface area contributed by atoms with Gasteiger partial charge in [-0.05, 0) is 66.8 Å². The second kappa shape index (κ2) is 6.91. The van der Waals surface area contributed by atoms with Crippen molar-refractivity contribution in [2.45, 2.75) is 38.0 Å². The van der Waals surface area contributed by atoms with Crippen LogP contribution in [0.25, 0.3) is 11.1 Å². The van der Waals surface area contributed by atoms with Crippen LogP contribution in [0.4, 0.5) is 5.69 Å². The Hall–Kier alpha value is -1.49. The summed E-state index contributed by atoms with van der Waals surface area (Å²) in [5.41, 5.74) is 10.3. The van der Waals surface area contributed by atoms with Gasteiger partial charge in [0.1, 0.15) is 0 Å². The van der Waals surface area contributed by atoms with E-state index in [0.717, 1.165) is 18.8 Å². The summed E-state index contributed by atoms with van der Waals surface area (Å²) in [6.45, 7) is 7.95. The molecule has 0 unspecified atom stereocenters. The molecule has 0 amide bonds. The molecule has 3 aliphatic heterocycles. The molecule has 26 heavy (non-hydrogen) atoms. The summed E-state index contributed by atoms with van der Waals surface area (Å²) < 4.78 is 0. The maximum Gasteiger partial charge on any atom is 0.0447 e. The lowest BCUT2D eigenvalue weighted by Gasteiger charge is -2.33. The summed E-state index contributed by atoms with van der Waals surface area (Å²) in [5.74, 6) is 3.07. The Morgan fingerprint density at radius 2 is 2.04 bits per heavy atom. The Morgan fingerprint density at radius 3 is 2.88 bits per heavy atom. The third-order valence-corrected chi connectivity index (χ3v) is 7.16. The number of aryl methyl sites for hydroxylation is 2. The van der Waals surface area contributed by atoms with E-state index in [1.54, 1.807) is 16.8 Å². The monoisotopic (exact) mass is 368 g/mol. The molecule has 0 aliphatic carbocycles. The molecule has 1 fully saturated rings. The Morgan fingerprint density at radius 1 is 1.15 bits per heavy atom. The predicted molar refractivity (Wildman–Crippen MR) is 112 cm³/mol. The third-order valence-electron chi connectivity index (χ3n) is 6.18. The van der Waals surface area contributed by atoms with E-state index in [1.807, 2.05) is 0 Å². The molecule has 5 rings (SSSR count). The van der Waals surface area contributed by atoms with Gasteiger partial charge >= 0.3 is 0 Å². The molecule has 2 aromatic rings. The number of piperidine rings is 1. The summed E-state index contributed by atoms with van der Waals surface area (Å²) in [7, 11) is 0. The molecule has 0 bridgehead atoms. The van der Waals surface area contributed by atoms with E-state index < -0.39 is 0 Å². The summed E-state index contributed by atoms with van der Waals surface area (Å²) >= 11 is 2.10. The first-order valence-electron chi connectivity index (χ1n) is 9.52. The number of thioether (sulfide) groups is 1. The van der Waals surface area contributed by atoms with Gasteiger partial charge in [-0.25, -0.2) is 0 Å². The average Bonchev–Trinajstić information content (AvgIpc) is 2.77. The number of nitrogens with zero attached hydrogens (tertiary/aromatic N) is 1. The van der Waals surface area contributed by atoms with Gasteiger partial charge in [-0.2, -0.15) is 11.8 Å². The van der Waals surface area contributed by atoms with Gasteiger partial charge in [0.25, 0.3) is 0 Å². The summed E-state index contributed by atoms with van der Waals surface area (Å²) in [6.07, 6.45) is 1.28. The lowest BCUT2D eigenvalue weighted by Crippen LogP contribution is -2.44. The van der Waals surface area contributed by atoms with Gasteiger partial charge in [0.15, 0.2) is 0 Å². The zero-order valence-corrected chi connectivity index (χ0v) is 16.5. The fourth-order valence-corrected chi connectivity index (χ4v) is 5.99. The molecule has 3 aliphatic rings. The van der Waals surface area contributed by atoms with Crippen LogP contribution in [0.1, 0.15) is 34.6 Å². The standard InChI is InChI=1S/C22H26N2S.H2O/c1-14-3-4-18(15(2)9-14)16-10-17-13-25-8-7-24-21-5-6-23-12-20(21)19(11-16)22(17)24;/h3-4,9-11,20-21,23H,5-8,12-13H2,1-2H3;1H2/t20-,21-;/m0./s1. The van der Waals surface area contributed by atoms with Crippen LogP contribution in [0.2, 0.25) is 0 Å². The zero-order chi connectivity index (χ0) is 17.0. The average molecular weight is 369 g/mol. The summed E-state index contributed by atoms with van der Waals surface area (Å²) in [6, 6.07) is 12.6. The Kier molecular flexibility index (Phi) is 4.76. The second-order valence-corrected chi connectivity index (χ2v) is 8.91. The zero-order valence-electron chi connectivity index (χ0n) is 15.6. The SMILES string of the molecule is Cc1ccc(-c2cc3c4c(c2)[C@@H]2CNCC[C@@H]2N4CCSC3)c(C)c1.O. The summed E-state index contributed by atoms with van der Waals surface area (Å²) in [4.78, 5) is 2.75. The van der Waals surface area contributed by atoms with Gasteiger partial charge < -0.3 is 15.7 Å². The fourth-order valence-electron chi connectivity index (χ4n) is 5.08. The molecular formula is C22H28N2OS. The minimum absolute atomic E-state index is 0. The molecule has 1 saturated heterocycles. The van der Waals surface area contributed by atoms with Gasteiger partial charge in [-0.15, -0.1) is 0 Å². The van der Waals surface area contributed by atoms with Crippen molar-refractivity contribution in [2.24, 2.45) is 0 Å². The smallest absolute Gasteiger partial charge is 0.0447 e. The maximum absolute atomic E-state index is 3.64. The quantitative estimate of drug-likeness (QED) is 0.836. The van der Waals surface area contributed by atoms with Crippen LogP contribution in [-0.4, -0.2) is 36.9 Å². The molecule has 4 heteroatoms. The lowest BCUT2D eigenvalue weighted by molar-refractivity contribution is 0.406. The molecule has 0 aromatic heterocycles. The number of benzene rings is 2. The van der Waals surface area contributed by atoms with E-state index in [4.69, 9.17) is 0 Å². The number of rotatable bonds is 1. The number of fused-ring (bicyclic) bond motifs is 3. The minimum Gasteiger partial charge on any atom is -0.412 e. The van der Waals surface area contributed by atoms with Crippen molar-refractivity contribution in [3.05, 3.63) is 52.6 Å². The van der Waals surface area contributed by atoms with Crippen molar-refractivity contribution in [1.82, 2.24) is 5.32 Å². The van der Waals surface area contributed by atoms with Crippen LogP contribution < -0.4 is 10.2 Å². The molecule has 3 nitrogen and oxygen atoms in total. The van der Waals surface area contributed by atoms with Crippen molar-refractivity contribution >= 4 is 17.4 Å². The van der Waals surface area contributed by atoms with E-state index in [-0.39, 0.29) is 5.48 Å². The van der Waals surface area contributed by atoms with E-state index in [1.165, 1.54) is 41.0 Å². The molecule has 3 N–H and O–H groups in total. The molecule has 0 saturated carbocycles. The van der Waals surface area contributed by atoms with Crippen LogP contribution in [0.15, 0.2) is 30.3 Å². The van der Waals surface area contributed by atoms with Gasteiger partial charge in [0.05, 0.1) is 0 Å². The number of nitrogens with one attached hydrogen (secondary N) is 1. The highest BCUT2D eigenvalue weighted by Gasteiger charge is 2.41. The number of hydrogen-bond donors (Lipinski definition) is 1. The molecule has 3 heterocycles. The molecule has 0 spiro atoms. The van der Waals surface area contributed by atoms with Gasteiger partial charge in [-0.3, -0.25) is 0 Å². The van der Waals surface area contributed by atoms with Crippen LogP contribution >= 0.6 is 11.8 Å². The van der Waals surface area contributed by atoms with E-state index in [9.17, 15) is 0 Å². The highest BCUT2D eigenvalue weighted by Crippen LogP contribution is 2.49. The first-order chi connectivity index (χ1) is 12.2. The van der Waals surface area contributed by atoms with E-state index in [0.29, 0.717) is 12.0 Å². The first kappa shape index (κ1) is 17.9. The van der Waals surface area contributed by atoms with Crippen molar-refractivity contribution in [1.29, 1.82) is 0 Å². The van der Waals surface area contributed by atoms with Crippen molar-refractivity contribution in [2.75, 3.05) is 30.3 Å². The highest BCUT2D eigenvalue weighted by molar-refractivity contribution is 7.98. The normalized spacial score (nSPS) is 23.7. The van der Waals surface area contributed by atoms with Gasteiger partial charge in [-0.1, -0.05) is 23.8 Å². The van der Waals surface area contributed by atoms with E-state index in [2.05, 4.69) is 66.2 Å². The Balaban J connectivity index is 0.00000168. The molecule has 0 radical (unpaired) electrons. The minimum atomic E-state index is 0. The van der Waals surface area contributed by atoms with Gasteiger partial charge in [0.2, 0.25) is 0 Å². The van der Waals surface area contributed by atoms with Gasteiger partial charge in [0, 0.05) is 42.2 Å². The number of hydrogen-bond acceptors (Lipinski definition) is 3. The third kappa shape index (κ3) is 2.75. The molecule has 2 aromatic carbocycles. The molecule has 2 atom stereocenters. The van der Waals surface area contributed by atoms with E-state index >= 15 is 0 Å². The molecule has 138 valence electrons. The maximum atomic E-state index is 3.64. The van der Waals surface area contributed by atoms with Crippen LogP contribution in [-0.2, 0) is 5.75 Å². The van der Waals surface area contributed by atoms with Crippen molar-refractivity contribution < 1.29 is 5.48 Å². The summed E-state index contributed by atoms with van der Waals surface area (Å²) in [5, 5.41) is 3.64. The highest BCUT2D eigenvalue weighted by atomic mass is 32.2. The Bertz CT molecular complexity index is 835. The largest absolute Gasteiger partial charge is 0.412 e. The Labute approximate surface area is 160 Å². The lowest BCUT2D eigenvalue weighted by atomic mass is 9.87. The number of anilines is 1. The van der Waals surface area contributed by atoms with Crippen LogP contribution in [0.3, 0.4) is 0 Å². The van der Waals surface area contributed by atoms with Crippen molar-refractivity contribution in [3.63, 3.8) is 0 Å². The van der Waals surface area contributed by atoms with Crippen LogP contribution in [0.5, 0.6) is 0 Å². The predicted octanol–water partition coefficient (Wildman–Crippen LogP) is 3.66.